The van der Waals surface area contributed by atoms with Gasteiger partial charge < -0.3 is 4.74 Å². The highest BCUT2D eigenvalue weighted by Gasteiger charge is 2.28. The van der Waals surface area contributed by atoms with Gasteiger partial charge in [-0.2, -0.15) is 0 Å². The third-order valence-electron chi connectivity index (χ3n) is 1.62. The second-order valence-corrected chi connectivity index (χ2v) is 3.75. The first kappa shape index (κ1) is 7.64. The molecule has 1 aliphatic heterocycles. The Kier molecular flexibility index (Phi) is 2.62. The van der Waals surface area contributed by atoms with Crippen LogP contribution in [0, 0.1) is 5.92 Å². The van der Waals surface area contributed by atoms with Crippen molar-refractivity contribution in [2.24, 2.45) is 5.92 Å². The number of ether oxygens (including phenoxy) is 1. The summed E-state index contributed by atoms with van der Waals surface area (Å²) >= 11 is 11.1. The fourth-order valence-corrected chi connectivity index (χ4v) is 1.25. The third-order valence-corrected chi connectivity index (χ3v) is 1.97. The van der Waals surface area contributed by atoms with Gasteiger partial charge in [-0.05, 0) is 0 Å². The van der Waals surface area contributed by atoms with E-state index in [0.717, 1.165) is 13.0 Å². The standard InChI is InChI=1S/C6H10Cl2O/c1-4-3-9-5(4)2-6(7)8/h4-6H,2-3H2,1H3/t4-,5+/m1/s1. The summed E-state index contributed by atoms with van der Waals surface area (Å²) in [5.74, 6) is 0.644. The van der Waals surface area contributed by atoms with E-state index >= 15 is 0 Å². The van der Waals surface area contributed by atoms with Crippen LogP contribution < -0.4 is 0 Å². The Balaban J connectivity index is 2.13. The summed E-state index contributed by atoms with van der Waals surface area (Å²) < 4.78 is 5.18. The van der Waals surface area contributed by atoms with Crippen LogP contribution in [0.4, 0.5) is 0 Å². The summed E-state index contributed by atoms with van der Waals surface area (Å²) in [5, 5.41) is 0. The first-order valence-electron chi connectivity index (χ1n) is 3.10. The van der Waals surface area contributed by atoms with Gasteiger partial charge in [0.15, 0.2) is 0 Å². The second-order valence-electron chi connectivity index (χ2n) is 2.48. The molecule has 1 nitrogen and oxygen atoms in total. The molecule has 1 rings (SSSR count). The highest BCUT2D eigenvalue weighted by atomic mass is 35.5. The van der Waals surface area contributed by atoms with Gasteiger partial charge in [0, 0.05) is 12.3 Å². The zero-order valence-corrected chi connectivity index (χ0v) is 6.82. The van der Waals surface area contributed by atoms with E-state index in [-0.39, 0.29) is 4.84 Å². The van der Waals surface area contributed by atoms with E-state index in [1.54, 1.807) is 0 Å². The van der Waals surface area contributed by atoms with Crippen molar-refractivity contribution in [2.45, 2.75) is 24.3 Å². The van der Waals surface area contributed by atoms with Crippen LogP contribution in [-0.2, 0) is 4.74 Å². The first-order chi connectivity index (χ1) is 4.20. The van der Waals surface area contributed by atoms with Crippen molar-refractivity contribution >= 4 is 23.2 Å². The van der Waals surface area contributed by atoms with Gasteiger partial charge in [0.05, 0.1) is 12.7 Å². The molecule has 1 fully saturated rings. The Bertz CT molecular complexity index is 95.1. The molecule has 0 radical (unpaired) electrons. The summed E-state index contributed by atoms with van der Waals surface area (Å²) in [7, 11) is 0. The lowest BCUT2D eigenvalue weighted by Crippen LogP contribution is -2.38. The van der Waals surface area contributed by atoms with Crippen LogP contribution in [0.15, 0.2) is 0 Å². The van der Waals surface area contributed by atoms with Crippen molar-refractivity contribution < 1.29 is 4.74 Å². The van der Waals surface area contributed by atoms with E-state index in [0.29, 0.717) is 12.0 Å². The average Bonchev–Trinajstić information content (AvgIpc) is 1.79. The second kappa shape index (κ2) is 3.09. The molecule has 3 heteroatoms. The normalized spacial score (nSPS) is 34.7. The van der Waals surface area contributed by atoms with Gasteiger partial charge in [0.25, 0.3) is 0 Å². The molecule has 0 amide bonds. The van der Waals surface area contributed by atoms with Gasteiger partial charge in [-0.1, -0.05) is 6.92 Å². The van der Waals surface area contributed by atoms with Gasteiger partial charge in [0.2, 0.25) is 0 Å². The minimum absolute atomic E-state index is 0.266. The molecule has 0 aromatic carbocycles. The molecular weight excluding hydrogens is 159 g/mol. The Morgan fingerprint density at radius 3 is 2.44 bits per heavy atom. The van der Waals surface area contributed by atoms with Crippen molar-refractivity contribution in [3.8, 4) is 0 Å². The van der Waals surface area contributed by atoms with Crippen molar-refractivity contribution in [3.05, 3.63) is 0 Å². The van der Waals surface area contributed by atoms with Crippen molar-refractivity contribution in [1.82, 2.24) is 0 Å². The number of hydrogen-bond donors (Lipinski definition) is 0. The van der Waals surface area contributed by atoms with Crippen LogP contribution in [0.2, 0.25) is 0 Å². The fourth-order valence-electron chi connectivity index (χ4n) is 0.901. The van der Waals surface area contributed by atoms with Crippen LogP contribution in [0.5, 0.6) is 0 Å². The lowest BCUT2D eigenvalue weighted by atomic mass is 9.98. The molecule has 0 aromatic rings. The van der Waals surface area contributed by atoms with Crippen molar-refractivity contribution in [1.29, 1.82) is 0 Å². The maximum Gasteiger partial charge on any atom is 0.110 e. The highest BCUT2D eigenvalue weighted by molar-refractivity contribution is 6.44. The zero-order chi connectivity index (χ0) is 6.85. The quantitative estimate of drug-likeness (QED) is 0.576. The average molecular weight is 169 g/mol. The zero-order valence-electron chi connectivity index (χ0n) is 5.31. The summed E-state index contributed by atoms with van der Waals surface area (Å²) in [5.41, 5.74) is 0. The van der Waals surface area contributed by atoms with Crippen LogP contribution in [0.1, 0.15) is 13.3 Å². The van der Waals surface area contributed by atoms with Gasteiger partial charge in [-0.25, -0.2) is 0 Å². The molecule has 0 aromatic heterocycles. The van der Waals surface area contributed by atoms with E-state index in [1.165, 1.54) is 0 Å². The predicted octanol–water partition coefficient (Wildman–Crippen LogP) is 2.22. The monoisotopic (exact) mass is 168 g/mol. The Labute approximate surface area is 65.3 Å². The van der Waals surface area contributed by atoms with Crippen LogP contribution in [0.3, 0.4) is 0 Å². The minimum Gasteiger partial charge on any atom is -0.377 e. The molecule has 9 heavy (non-hydrogen) atoms. The largest absolute Gasteiger partial charge is 0.377 e. The molecule has 1 aliphatic rings. The van der Waals surface area contributed by atoms with Gasteiger partial charge in [-0.3, -0.25) is 0 Å². The minimum atomic E-state index is -0.266. The fraction of sp³-hybridized carbons (Fsp3) is 1.00. The SMILES string of the molecule is C[C@@H]1CO[C@H]1CC(Cl)Cl. The molecule has 0 N–H and O–H groups in total. The van der Waals surface area contributed by atoms with E-state index in [9.17, 15) is 0 Å². The van der Waals surface area contributed by atoms with Crippen LogP contribution in [-0.4, -0.2) is 17.5 Å². The molecular formula is C6H10Cl2O. The van der Waals surface area contributed by atoms with Crippen LogP contribution >= 0.6 is 23.2 Å². The van der Waals surface area contributed by atoms with E-state index in [1.807, 2.05) is 0 Å². The van der Waals surface area contributed by atoms with Crippen LogP contribution in [0.25, 0.3) is 0 Å². The van der Waals surface area contributed by atoms with E-state index in [4.69, 9.17) is 27.9 Å². The highest BCUT2D eigenvalue weighted by Crippen LogP contribution is 2.26. The maximum atomic E-state index is 5.54. The van der Waals surface area contributed by atoms with Gasteiger partial charge in [-0.15, -0.1) is 23.2 Å². The molecule has 54 valence electrons. The number of hydrogen-bond acceptors (Lipinski definition) is 1. The molecule has 2 atom stereocenters. The van der Waals surface area contributed by atoms with Crippen molar-refractivity contribution in [2.75, 3.05) is 6.61 Å². The summed E-state index contributed by atoms with van der Waals surface area (Å²) in [6.07, 6.45) is 1.08. The topological polar surface area (TPSA) is 9.23 Å². The number of rotatable bonds is 2. The lowest BCUT2D eigenvalue weighted by Gasteiger charge is -2.34. The maximum absolute atomic E-state index is 5.54. The third kappa shape index (κ3) is 1.99. The lowest BCUT2D eigenvalue weighted by molar-refractivity contribution is -0.107. The van der Waals surface area contributed by atoms with Gasteiger partial charge in [0.1, 0.15) is 4.84 Å². The number of halogens is 2. The van der Waals surface area contributed by atoms with E-state index < -0.39 is 0 Å². The first-order valence-corrected chi connectivity index (χ1v) is 3.97. The smallest absolute Gasteiger partial charge is 0.110 e. The molecule has 1 heterocycles. The van der Waals surface area contributed by atoms with Gasteiger partial charge >= 0.3 is 0 Å². The van der Waals surface area contributed by atoms with E-state index in [2.05, 4.69) is 6.92 Å². The molecule has 0 unspecified atom stereocenters. The Hall–Kier alpha value is 0.540. The summed E-state index contributed by atoms with van der Waals surface area (Å²) in [6.45, 7) is 3.01. The Morgan fingerprint density at radius 2 is 2.33 bits per heavy atom. The van der Waals surface area contributed by atoms with Crippen molar-refractivity contribution in [3.63, 3.8) is 0 Å². The summed E-state index contributed by atoms with van der Waals surface area (Å²) in [4.78, 5) is -0.266. The molecule has 1 saturated heterocycles. The number of alkyl halides is 2. The molecule has 0 bridgehead atoms. The predicted molar refractivity (Wildman–Crippen MR) is 39.0 cm³/mol. The summed E-state index contributed by atoms with van der Waals surface area (Å²) in [6, 6.07) is 0. The molecule has 0 aliphatic carbocycles. The molecule has 0 saturated carbocycles. The molecule has 0 spiro atoms. The Morgan fingerprint density at radius 1 is 1.67 bits per heavy atom.